The lowest BCUT2D eigenvalue weighted by molar-refractivity contribution is -0.173. The van der Waals surface area contributed by atoms with E-state index in [-0.39, 0.29) is 12.5 Å². The number of nitrogens with zero attached hydrogens (tertiary/aromatic N) is 2. The summed E-state index contributed by atoms with van der Waals surface area (Å²) in [5.74, 6) is -0.0355. The number of hydrogen-bond acceptors (Lipinski definition) is 4. The van der Waals surface area contributed by atoms with Crippen molar-refractivity contribution in [2.24, 2.45) is 5.73 Å². The number of rotatable bonds is 1. The lowest BCUT2D eigenvalue weighted by atomic mass is 9.89. The van der Waals surface area contributed by atoms with Gasteiger partial charge in [0.25, 0.3) is 5.91 Å². The summed E-state index contributed by atoms with van der Waals surface area (Å²) in [6, 6.07) is 16.3. The normalized spacial score (nSPS) is 27.8. The number of nitrogens with one attached hydrogen (secondary N) is 1. The molecule has 0 aliphatic carbocycles. The van der Waals surface area contributed by atoms with Crippen LogP contribution in [0, 0.1) is 0 Å². The van der Waals surface area contributed by atoms with E-state index in [2.05, 4.69) is 38.7 Å². The predicted octanol–water partition coefficient (Wildman–Crippen LogP) is 3.44. The van der Waals surface area contributed by atoms with E-state index < -0.39 is 17.6 Å². The maximum absolute atomic E-state index is 13.2. The van der Waals surface area contributed by atoms with E-state index >= 15 is 0 Å². The molecule has 0 unspecified atom stereocenters. The average Bonchev–Trinajstić information content (AvgIpc) is 3.51. The summed E-state index contributed by atoms with van der Waals surface area (Å²) < 4.78 is 11.1. The molecule has 3 atom stereocenters. The molecule has 1 amide bonds. The van der Waals surface area contributed by atoms with Crippen LogP contribution < -0.4 is 11.1 Å². The maximum atomic E-state index is 13.2. The molecule has 33 heavy (non-hydrogen) atoms. The van der Waals surface area contributed by atoms with Crippen LogP contribution in [0.1, 0.15) is 35.5 Å². The lowest BCUT2D eigenvalue weighted by Crippen LogP contribution is -2.55. The number of ether oxygens (including phenoxy) is 1. The Hall–Kier alpha value is -3.39. The van der Waals surface area contributed by atoms with Crippen molar-refractivity contribution in [3.63, 3.8) is 0 Å². The molecule has 0 spiro atoms. The van der Waals surface area contributed by atoms with Gasteiger partial charge in [0.2, 0.25) is 0 Å². The van der Waals surface area contributed by atoms with Gasteiger partial charge >= 0.3 is 0 Å². The van der Waals surface area contributed by atoms with Gasteiger partial charge in [-0.05, 0) is 24.6 Å². The third-order valence-corrected chi connectivity index (χ3v) is 8.31. The van der Waals surface area contributed by atoms with Crippen LogP contribution in [0.15, 0.2) is 48.5 Å². The van der Waals surface area contributed by atoms with E-state index in [9.17, 15) is 9.90 Å². The van der Waals surface area contributed by atoms with Crippen LogP contribution in [0.2, 0.25) is 0 Å². The fourth-order valence-corrected chi connectivity index (χ4v) is 6.79. The van der Waals surface area contributed by atoms with Crippen LogP contribution in [0.25, 0.3) is 43.6 Å². The molecule has 7 nitrogen and oxygen atoms in total. The van der Waals surface area contributed by atoms with Gasteiger partial charge < -0.3 is 30.0 Å². The summed E-state index contributed by atoms with van der Waals surface area (Å²) in [4.78, 5) is 13.2. The molecular formula is C26H22N4O3. The highest BCUT2D eigenvalue weighted by Gasteiger charge is 2.60. The number of carbonyl (C=O) groups excluding carboxylic acids is 1. The van der Waals surface area contributed by atoms with Crippen molar-refractivity contribution in [2.45, 2.75) is 37.4 Å². The lowest BCUT2D eigenvalue weighted by Gasteiger charge is -2.39. The molecule has 2 aromatic heterocycles. The Morgan fingerprint density at radius 3 is 2.55 bits per heavy atom. The van der Waals surface area contributed by atoms with Crippen molar-refractivity contribution in [3.8, 4) is 0 Å². The largest absolute Gasteiger partial charge is 0.383 e. The molecule has 3 aliphatic rings. The molecule has 164 valence electrons. The standard InChI is InChI=1S/C26H22N4O3/c1-25-26(32,12-27)10-18(33-25)29-16-8-4-2-6-13(16)20-21-15(11-28-24(21)31)19-14-7-3-5-9-17(14)30(25)23(19)22(20)29/h2-9,18,32H,10-12,27H2,1H3,(H,28,31)/t18-,25+,26-/m1/s1. The highest BCUT2D eigenvalue weighted by atomic mass is 16.6. The molecule has 7 heteroatoms. The van der Waals surface area contributed by atoms with Gasteiger partial charge in [-0.2, -0.15) is 0 Å². The van der Waals surface area contributed by atoms with Gasteiger partial charge in [-0.25, -0.2) is 0 Å². The van der Waals surface area contributed by atoms with Gasteiger partial charge in [0, 0.05) is 41.1 Å². The second-order valence-corrected chi connectivity index (χ2v) is 9.72. The van der Waals surface area contributed by atoms with E-state index in [0.29, 0.717) is 13.0 Å². The SMILES string of the molecule is C[C@]12O[C@H](C[C@@]1(O)CN)n1c3ccccc3c3c4c(c5c6ccccc6n2c5c31)CNC4=O. The summed E-state index contributed by atoms with van der Waals surface area (Å²) in [6.45, 7) is 2.51. The van der Waals surface area contributed by atoms with Crippen molar-refractivity contribution < 1.29 is 14.6 Å². The second-order valence-electron chi connectivity index (χ2n) is 9.72. The molecule has 5 aromatic rings. The zero-order valence-electron chi connectivity index (χ0n) is 18.1. The van der Waals surface area contributed by atoms with Gasteiger partial charge in [0.15, 0.2) is 5.72 Å². The smallest absolute Gasteiger partial charge is 0.252 e. The molecule has 0 radical (unpaired) electrons. The number of aromatic nitrogens is 2. The fraction of sp³-hybridized carbons (Fsp3) is 0.269. The first-order chi connectivity index (χ1) is 16.0. The maximum Gasteiger partial charge on any atom is 0.252 e. The van der Waals surface area contributed by atoms with Gasteiger partial charge in [-0.3, -0.25) is 4.79 Å². The molecule has 2 bridgehead atoms. The van der Waals surface area contributed by atoms with Crippen molar-refractivity contribution in [1.29, 1.82) is 0 Å². The topological polar surface area (TPSA) is 94.4 Å². The first-order valence-electron chi connectivity index (χ1n) is 11.4. The monoisotopic (exact) mass is 438 g/mol. The number of aliphatic hydroxyl groups is 1. The molecule has 8 rings (SSSR count). The molecule has 3 aromatic carbocycles. The Morgan fingerprint density at radius 2 is 1.79 bits per heavy atom. The van der Waals surface area contributed by atoms with Gasteiger partial charge in [-0.15, -0.1) is 0 Å². The Balaban J connectivity index is 1.78. The molecular weight excluding hydrogens is 416 g/mol. The minimum absolute atomic E-state index is 0.0355. The number of fused-ring (bicyclic) bond motifs is 13. The first kappa shape index (κ1) is 18.1. The van der Waals surface area contributed by atoms with Gasteiger partial charge in [0.05, 0.1) is 27.6 Å². The molecule has 1 saturated heterocycles. The van der Waals surface area contributed by atoms with E-state index in [1.807, 2.05) is 31.2 Å². The Kier molecular flexibility index (Phi) is 2.95. The predicted molar refractivity (Wildman–Crippen MR) is 126 cm³/mol. The molecule has 4 N–H and O–H groups in total. The molecule has 3 aliphatic heterocycles. The van der Waals surface area contributed by atoms with Crippen LogP contribution in [0.3, 0.4) is 0 Å². The number of amides is 1. The number of carbonyl (C=O) groups is 1. The third kappa shape index (κ3) is 1.75. The van der Waals surface area contributed by atoms with Crippen LogP contribution in [-0.2, 0) is 17.0 Å². The zero-order chi connectivity index (χ0) is 22.3. The van der Waals surface area contributed by atoms with Gasteiger partial charge in [-0.1, -0.05) is 36.4 Å². The number of hydrogen-bond donors (Lipinski definition) is 3. The van der Waals surface area contributed by atoms with E-state index in [4.69, 9.17) is 10.5 Å². The van der Waals surface area contributed by atoms with Crippen molar-refractivity contribution >= 4 is 49.5 Å². The molecule has 1 fully saturated rings. The Bertz CT molecular complexity index is 1730. The van der Waals surface area contributed by atoms with Crippen molar-refractivity contribution in [1.82, 2.24) is 14.5 Å². The first-order valence-corrected chi connectivity index (χ1v) is 11.4. The zero-order valence-corrected chi connectivity index (χ0v) is 18.1. The van der Waals surface area contributed by atoms with Crippen LogP contribution >= 0.6 is 0 Å². The fourth-order valence-electron chi connectivity index (χ4n) is 6.79. The molecule has 0 saturated carbocycles. The van der Waals surface area contributed by atoms with E-state index in [1.165, 1.54) is 0 Å². The summed E-state index contributed by atoms with van der Waals surface area (Å²) >= 11 is 0. The van der Waals surface area contributed by atoms with Crippen LogP contribution in [0.4, 0.5) is 0 Å². The summed E-state index contributed by atoms with van der Waals surface area (Å²) in [5, 5.41) is 19.0. The molecule has 5 heterocycles. The summed E-state index contributed by atoms with van der Waals surface area (Å²) in [5.41, 5.74) is 9.61. The van der Waals surface area contributed by atoms with E-state index in [1.54, 1.807) is 0 Å². The van der Waals surface area contributed by atoms with Crippen LogP contribution in [-0.4, -0.2) is 32.3 Å². The minimum Gasteiger partial charge on any atom is -0.383 e. The summed E-state index contributed by atoms with van der Waals surface area (Å²) in [6.07, 6.45) is -0.0415. The van der Waals surface area contributed by atoms with Crippen molar-refractivity contribution in [2.75, 3.05) is 6.54 Å². The average molecular weight is 438 g/mol. The van der Waals surface area contributed by atoms with Crippen LogP contribution in [0.5, 0.6) is 0 Å². The van der Waals surface area contributed by atoms with E-state index in [0.717, 1.165) is 54.7 Å². The second kappa shape index (κ2) is 5.39. The minimum atomic E-state index is -1.26. The summed E-state index contributed by atoms with van der Waals surface area (Å²) in [7, 11) is 0. The Labute approximate surface area is 188 Å². The number of para-hydroxylation sites is 2. The van der Waals surface area contributed by atoms with Gasteiger partial charge in [0.1, 0.15) is 11.8 Å². The quantitative estimate of drug-likeness (QED) is 0.374. The van der Waals surface area contributed by atoms with Crippen molar-refractivity contribution in [3.05, 3.63) is 59.7 Å². The Morgan fingerprint density at radius 1 is 1.09 bits per heavy atom. The highest BCUT2D eigenvalue weighted by molar-refractivity contribution is 6.31. The third-order valence-electron chi connectivity index (χ3n) is 8.31. The highest BCUT2D eigenvalue weighted by Crippen LogP contribution is 2.57. The number of nitrogens with two attached hydrogens (primary N) is 1. The number of benzene rings is 3.